The molecule has 1 aliphatic rings. The summed E-state index contributed by atoms with van der Waals surface area (Å²) in [4.78, 5) is 0. The van der Waals surface area contributed by atoms with Crippen LogP contribution in [0.1, 0.15) is 5.56 Å². The van der Waals surface area contributed by atoms with Gasteiger partial charge in [0.2, 0.25) is 0 Å². The van der Waals surface area contributed by atoms with Gasteiger partial charge in [0.25, 0.3) is 0 Å². The third-order valence-corrected chi connectivity index (χ3v) is 1.82. The number of hydrogen-bond acceptors (Lipinski definition) is 1. The van der Waals surface area contributed by atoms with Gasteiger partial charge >= 0.3 is 0 Å². The fourth-order valence-corrected chi connectivity index (χ4v) is 1.22. The minimum atomic E-state index is 0.718. The number of hydrogen-bond donors (Lipinski definition) is 0. The molecule has 0 bridgehead atoms. The second kappa shape index (κ2) is 2.99. The zero-order chi connectivity index (χ0) is 8.39. The van der Waals surface area contributed by atoms with Crippen molar-refractivity contribution in [1.82, 2.24) is 5.43 Å². The predicted molar refractivity (Wildman–Crippen MR) is 49.3 cm³/mol. The van der Waals surface area contributed by atoms with E-state index in [1.54, 1.807) is 6.20 Å². The van der Waals surface area contributed by atoms with Crippen LogP contribution in [0.2, 0.25) is 5.02 Å². The average molecular weight is 178 g/mol. The van der Waals surface area contributed by atoms with Crippen LogP contribution in [0.5, 0.6) is 0 Å². The lowest BCUT2D eigenvalue weighted by Crippen LogP contribution is -1.93. The van der Waals surface area contributed by atoms with Crippen LogP contribution in [-0.4, -0.2) is 5.71 Å². The van der Waals surface area contributed by atoms with Crippen LogP contribution in [0, 0.1) is 0 Å². The predicted octanol–water partition coefficient (Wildman–Crippen LogP) is 2.18. The second-order valence-electron chi connectivity index (χ2n) is 2.43. The second-order valence-corrected chi connectivity index (χ2v) is 2.86. The molecular weight excluding hydrogens is 172 g/mol. The highest BCUT2D eigenvalue weighted by atomic mass is 35.5. The SMILES string of the molecule is Clc1cccc(C2=N[N]C=C2)c1. The van der Waals surface area contributed by atoms with E-state index in [1.165, 1.54) is 0 Å². The summed E-state index contributed by atoms with van der Waals surface area (Å²) in [6.45, 7) is 0. The minimum Gasteiger partial charge on any atom is -0.158 e. The van der Waals surface area contributed by atoms with Gasteiger partial charge in [0.1, 0.15) is 0 Å². The van der Waals surface area contributed by atoms with Crippen molar-refractivity contribution < 1.29 is 0 Å². The van der Waals surface area contributed by atoms with Crippen molar-refractivity contribution in [2.24, 2.45) is 5.10 Å². The number of rotatable bonds is 1. The highest BCUT2D eigenvalue weighted by Gasteiger charge is 2.03. The van der Waals surface area contributed by atoms with Crippen molar-refractivity contribution in [3.63, 3.8) is 0 Å². The molecule has 1 aromatic carbocycles. The van der Waals surface area contributed by atoms with Gasteiger partial charge in [0, 0.05) is 10.6 Å². The van der Waals surface area contributed by atoms with Crippen molar-refractivity contribution in [2.75, 3.05) is 0 Å². The quantitative estimate of drug-likeness (QED) is 0.629. The fraction of sp³-hybridized carbons (Fsp3) is 0. The van der Waals surface area contributed by atoms with Crippen LogP contribution >= 0.6 is 11.6 Å². The third-order valence-electron chi connectivity index (χ3n) is 1.58. The molecule has 0 aliphatic carbocycles. The first-order chi connectivity index (χ1) is 5.86. The van der Waals surface area contributed by atoms with E-state index in [1.807, 2.05) is 30.3 Å². The number of allylic oxidation sites excluding steroid dienone is 1. The summed E-state index contributed by atoms with van der Waals surface area (Å²) in [5, 5.41) is 4.64. The Labute approximate surface area is 75.5 Å². The maximum atomic E-state index is 5.81. The molecule has 1 radical (unpaired) electrons. The van der Waals surface area contributed by atoms with Crippen LogP contribution in [0.4, 0.5) is 0 Å². The summed E-state index contributed by atoms with van der Waals surface area (Å²) < 4.78 is 0. The van der Waals surface area contributed by atoms with E-state index in [0.29, 0.717) is 0 Å². The van der Waals surface area contributed by atoms with Gasteiger partial charge in [-0.3, -0.25) is 0 Å². The molecule has 0 spiro atoms. The first-order valence-electron chi connectivity index (χ1n) is 3.56. The van der Waals surface area contributed by atoms with E-state index >= 15 is 0 Å². The number of nitrogens with zero attached hydrogens (tertiary/aromatic N) is 2. The van der Waals surface area contributed by atoms with Crippen molar-refractivity contribution >= 4 is 17.3 Å². The highest BCUT2D eigenvalue weighted by molar-refractivity contribution is 6.31. The monoisotopic (exact) mass is 177 g/mol. The Morgan fingerprint density at radius 1 is 1.25 bits per heavy atom. The lowest BCUT2D eigenvalue weighted by molar-refractivity contribution is 0.972. The van der Waals surface area contributed by atoms with Crippen LogP contribution in [-0.2, 0) is 0 Å². The van der Waals surface area contributed by atoms with Gasteiger partial charge in [0.15, 0.2) is 0 Å². The maximum absolute atomic E-state index is 5.81. The zero-order valence-electron chi connectivity index (χ0n) is 6.24. The first-order valence-corrected chi connectivity index (χ1v) is 3.94. The Morgan fingerprint density at radius 3 is 2.83 bits per heavy atom. The molecule has 1 aromatic rings. The normalized spacial score (nSPS) is 14.2. The molecule has 0 unspecified atom stereocenters. The van der Waals surface area contributed by atoms with E-state index in [4.69, 9.17) is 11.6 Å². The van der Waals surface area contributed by atoms with E-state index in [9.17, 15) is 0 Å². The van der Waals surface area contributed by atoms with Gasteiger partial charge in [-0.25, -0.2) is 0 Å². The molecular formula is C9H6ClN2. The minimum absolute atomic E-state index is 0.718. The van der Waals surface area contributed by atoms with Gasteiger partial charge < -0.3 is 0 Å². The Kier molecular flexibility index (Phi) is 1.84. The molecule has 1 aliphatic heterocycles. The molecule has 0 aromatic heterocycles. The van der Waals surface area contributed by atoms with Crippen LogP contribution in [0.15, 0.2) is 41.6 Å². The number of benzene rings is 1. The van der Waals surface area contributed by atoms with Gasteiger partial charge in [0.05, 0.1) is 11.9 Å². The van der Waals surface area contributed by atoms with Gasteiger partial charge in [-0.15, -0.1) is 0 Å². The molecule has 0 saturated carbocycles. The van der Waals surface area contributed by atoms with Crippen LogP contribution < -0.4 is 5.43 Å². The zero-order valence-corrected chi connectivity index (χ0v) is 6.99. The Balaban J connectivity index is 2.40. The summed E-state index contributed by atoms with van der Waals surface area (Å²) in [6.07, 6.45) is 3.52. The maximum Gasteiger partial charge on any atom is 0.0945 e. The Hall–Kier alpha value is -1.28. The molecule has 3 heteroatoms. The lowest BCUT2D eigenvalue weighted by Gasteiger charge is -1.96. The Bertz CT molecular complexity index is 355. The molecule has 1 heterocycles. The molecule has 0 saturated heterocycles. The summed E-state index contributed by atoms with van der Waals surface area (Å²) in [7, 11) is 0. The summed E-state index contributed by atoms with van der Waals surface area (Å²) in [5.74, 6) is 0. The molecule has 0 N–H and O–H groups in total. The van der Waals surface area contributed by atoms with Gasteiger partial charge in [-0.2, -0.15) is 10.5 Å². The smallest absolute Gasteiger partial charge is 0.0945 e. The van der Waals surface area contributed by atoms with Crippen LogP contribution in [0.3, 0.4) is 0 Å². The summed E-state index contributed by atoms with van der Waals surface area (Å²) in [5.41, 5.74) is 5.59. The summed E-state index contributed by atoms with van der Waals surface area (Å²) >= 11 is 5.81. The number of halogens is 1. The fourth-order valence-electron chi connectivity index (χ4n) is 1.03. The van der Waals surface area contributed by atoms with Crippen molar-refractivity contribution in [3.05, 3.63) is 47.1 Å². The van der Waals surface area contributed by atoms with E-state index in [-0.39, 0.29) is 0 Å². The Morgan fingerprint density at radius 2 is 2.17 bits per heavy atom. The van der Waals surface area contributed by atoms with E-state index in [0.717, 1.165) is 16.3 Å². The van der Waals surface area contributed by atoms with Gasteiger partial charge in [-0.05, 0) is 18.2 Å². The molecule has 2 rings (SSSR count). The third kappa shape index (κ3) is 1.34. The van der Waals surface area contributed by atoms with Gasteiger partial charge in [-0.1, -0.05) is 23.7 Å². The lowest BCUT2D eigenvalue weighted by atomic mass is 10.1. The standard InChI is InChI=1S/C9H6ClN2/c10-8-3-1-2-7(6-8)9-4-5-11-12-9/h1-6H. The van der Waals surface area contributed by atoms with Crippen molar-refractivity contribution in [2.45, 2.75) is 0 Å². The summed E-state index contributed by atoms with van der Waals surface area (Å²) in [6, 6.07) is 7.55. The topological polar surface area (TPSA) is 26.5 Å². The van der Waals surface area contributed by atoms with E-state index in [2.05, 4.69) is 10.5 Å². The largest absolute Gasteiger partial charge is 0.158 e. The highest BCUT2D eigenvalue weighted by Crippen LogP contribution is 2.13. The van der Waals surface area contributed by atoms with Crippen LogP contribution in [0.25, 0.3) is 0 Å². The molecule has 12 heavy (non-hydrogen) atoms. The first kappa shape index (κ1) is 7.37. The van der Waals surface area contributed by atoms with Crippen molar-refractivity contribution in [1.29, 1.82) is 0 Å². The average Bonchev–Trinajstić information content (AvgIpc) is 2.56. The molecule has 0 fully saturated rings. The van der Waals surface area contributed by atoms with E-state index < -0.39 is 0 Å². The molecule has 2 nitrogen and oxygen atoms in total. The molecule has 0 atom stereocenters. The van der Waals surface area contributed by atoms with Crippen molar-refractivity contribution in [3.8, 4) is 0 Å². The molecule has 59 valence electrons. The molecule has 0 amide bonds.